The summed E-state index contributed by atoms with van der Waals surface area (Å²) in [6.07, 6.45) is 13.1. The highest BCUT2D eigenvalue weighted by Crippen LogP contribution is 2.38. The minimum atomic E-state index is -0.579. The third-order valence-corrected chi connectivity index (χ3v) is 11.1. The highest BCUT2D eigenvalue weighted by molar-refractivity contribution is 5.88. The van der Waals surface area contributed by atoms with Crippen LogP contribution in [0, 0.1) is 17.8 Å². The molecule has 1 saturated carbocycles. The van der Waals surface area contributed by atoms with E-state index in [1.807, 2.05) is 0 Å². The van der Waals surface area contributed by atoms with Crippen molar-refractivity contribution < 1.29 is 24.2 Å². The van der Waals surface area contributed by atoms with Gasteiger partial charge in [0.1, 0.15) is 0 Å². The molecule has 0 aliphatic heterocycles. The van der Waals surface area contributed by atoms with Gasteiger partial charge >= 0.3 is 11.9 Å². The van der Waals surface area contributed by atoms with Crippen LogP contribution in [0.4, 0.5) is 0 Å². The number of carbonyl (C=O) groups excluding carboxylic acids is 2. The van der Waals surface area contributed by atoms with Crippen molar-refractivity contribution in [1.82, 2.24) is 0 Å². The third kappa shape index (κ3) is 10.3. The topological polar surface area (TPSA) is 72.8 Å². The summed E-state index contributed by atoms with van der Waals surface area (Å²) in [5, 5.41) is 9.14. The minimum absolute atomic E-state index is 0.0450. The molecule has 3 aromatic rings. The molecule has 2 aliphatic carbocycles. The lowest BCUT2D eigenvalue weighted by Crippen LogP contribution is -2.28. The van der Waals surface area contributed by atoms with E-state index in [0.29, 0.717) is 36.4 Å². The number of esters is 2. The van der Waals surface area contributed by atoms with Crippen LogP contribution in [0.15, 0.2) is 91.0 Å². The first kappa shape index (κ1) is 37.3. The van der Waals surface area contributed by atoms with Crippen LogP contribution in [-0.2, 0) is 44.7 Å². The van der Waals surface area contributed by atoms with Crippen LogP contribution in [0.25, 0.3) is 11.1 Å². The number of benzene rings is 3. The standard InChI is InChI=1S/C45H56O5/c1-5-6-33-9-15-36(16-10-33)39-21-23-42-28-40(22-24-41(42)27-39)37-17-11-34(12-18-37)7-8-35-13-19-38(20-14-35)43(30-50-44(47)31(2)3)25-26-49-45(48)32(4)29-46/h9-12,15-18,21,23,27,35,38,40,43,46H,2,4-8,13-14,19-20,22,24-26,28-30H2,1,3H3. The molecule has 1 N–H and O–H groups in total. The molecule has 0 saturated heterocycles. The quantitative estimate of drug-likeness (QED) is 0.121. The maximum absolute atomic E-state index is 12.1. The molecule has 0 spiro atoms. The second-order valence-electron chi connectivity index (χ2n) is 14.8. The number of ether oxygens (including phenoxy) is 2. The summed E-state index contributed by atoms with van der Waals surface area (Å²) in [5.74, 6) is 0.817. The van der Waals surface area contributed by atoms with Crippen LogP contribution in [0.3, 0.4) is 0 Å². The van der Waals surface area contributed by atoms with Gasteiger partial charge in [-0.05, 0) is 127 Å². The van der Waals surface area contributed by atoms with Crippen LogP contribution < -0.4 is 0 Å². The Morgan fingerprint density at radius 1 is 0.820 bits per heavy atom. The molecule has 2 aliphatic rings. The zero-order chi connectivity index (χ0) is 35.5. The van der Waals surface area contributed by atoms with Crippen LogP contribution in [0.2, 0.25) is 0 Å². The second-order valence-corrected chi connectivity index (χ2v) is 14.8. The van der Waals surface area contributed by atoms with Crippen molar-refractivity contribution in [2.24, 2.45) is 17.8 Å². The van der Waals surface area contributed by atoms with E-state index in [4.69, 9.17) is 14.6 Å². The normalized spacial score (nSPS) is 19.2. The van der Waals surface area contributed by atoms with E-state index in [1.165, 1.54) is 58.2 Å². The lowest BCUT2D eigenvalue weighted by Gasteiger charge is -2.34. The predicted molar refractivity (Wildman–Crippen MR) is 202 cm³/mol. The van der Waals surface area contributed by atoms with Gasteiger partial charge in [-0.3, -0.25) is 0 Å². The molecule has 0 radical (unpaired) electrons. The number of aliphatic hydroxyl groups is 1. The Morgan fingerprint density at radius 2 is 1.50 bits per heavy atom. The molecule has 266 valence electrons. The van der Waals surface area contributed by atoms with Crippen molar-refractivity contribution in [1.29, 1.82) is 0 Å². The molecule has 2 atom stereocenters. The number of aryl methyl sites for hydroxylation is 3. The number of fused-ring (bicyclic) bond motifs is 1. The summed E-state index contributed by atoms with van der Waals surface area (Å²) in [4.78, 5) is 24.1. The lowest BCUT2D eigenvalue weighted by atomic mass is 9.73. The molecule has 0 aromatic heterocycles. The number of aliphatic hydroxyl groups excluding tert-OH is 1. The van der Waals surface area contributed by atoms with Crippen molar-refractivity contribution >= 4 is 11.9 Å². The molecule has 0 bridgehead atoms. The summed E-state index contributed by atoms with van der Waals surface area (Å²) in [6.45, 7) is 11.2. The molecule has 0 heterocycles. The van der Waals surface area contributed by atoms with Gasteiger partial charge in [-0.15, -0.1) is 0 Å². The first-order valence-electron chi connectivity index (χ1n) is 18.8. The monoisotopic (exact) mass is 676 g/mol. The van der Waals surface area contributed by atoms with Crippen LogP contribution in [-0.4, -0.2) is 36.9 Å². The Morgan fingerprint density at radius 3 is 2.18 bits per heavy atom. The first-order chi connectivity index (χ1) is 24.2. The number of hydrogen-bond acceptors (Lipinski definition) is 5. The SMILES string of the molecule is C=C(C)C(=O)OCC(CCOC(=O)C(=C)CO)C1CCC(CCc2ccc(C3CCc4cc(-c5ccc(CCC)cc5)ccc4C3)cc2)CC1. The maximum atomic E-state index is 12.1. The van der Waals surface area contributed by atoms with Gasteiger partial charge < -0.3 is 14.6 Å². The van der Waals surface area contributed by atoms with E-state index >= 15 is 0 Å². The number of rotatable bonds is 16. The number of hydrogen-bond donors (Lipinski definition) is 1. The predicted octanol–water partition coefficient (Wildman–Crippen LogP) is 9.53. The van der Waals surface area contributed by atoms with Gasteiger partial charge in [-0.2, -0.15) is 0 Å². The Labute approximate surface area is 299 Å². The zero-order valence-corrected chi connectivity index (χ0v) is 30.3. The van der Waals surface area contributed by atoms with E-state index < -0.39 is 12.6 Å². The molecule has 3 aromatic carbocycles. The van der Waals surface area contributed by atoms with Gasteiger partial charge in [-0.1, -0.05) is 106 Å². The largest absolute Gasteiger partial charge is 0.462 e. The van der Waals surface area contributed by atoms with Gasteiger partial charge in [0, 0.05) is 5.57 Å². The molecule has 2 unspecified atom stereocenters. The van der Waals surface area contributed by atoms with E-state index in [0.717, 1.165) is 51.4 Å². The van der Waals surface area contributed by atoms with E-state index in [9.17, 15) is 9.59 Å². The zero-order valence-electron chi connectivity index (χ0n) is 30.3. The van der Waals surface area contributed by atoms with Crippen molar-refractivity contribution in [2.75, 3.05) is 19.8 Å². The Balaban J connectivity index is 1.08. The highest BCUT2D eigenvalue weighted by Gasteiger charge is 2.29. The molecule has 1 fully saturated rings. The molecule has 0 amide bonds. The van der Waals surface area contributed by atoms with Gasteiger partial charge in [0.15, 0.2) is 0 Å². The Kier molecular flexibility index (Phi) is 13.7. The molecule has 5 nitrogen and oxygen atoms in total. The first-order valence-corrected chi connectivity index (χ1v) is 18.8. The van der Waals surface area contributed by atoms with Gasteiger partial charge in [0.2, 0.25) is 0 Å². The summed E-state index contributed by atoms with van der Waals surface area (Å²) in [6, 6.07) is 25.6. The average Bonchev–Trinajstić information content (AvgIpc) is 3.15. The molecular weight excluding hydrogens is 620 g/mol. The van der Waals surface area contributed by atoms with Crippen LogP contribution in [0.1, 0.15) is 98.9 Å². The Hall–Kier alpha value is -3.96. The minimum Gasteiger partial charge on any atom is -0.462 e. The van der Waals surface area contributed by atoms with Crippen LogP contribution >= 0.6 is 0 Å². The summed E-state index contributed by atoms with van der Waals surface area (Å²) in [7, 11) is 0. The summed E-state index contributed by atoms with van der Waals surface area (Å²) < 4.78 is 10.9. The van der Waals surface area contributed by atoms with Crippen molar-refractivity contribution in [3.63, 3.8) is 0 Å². The molecule has 5 rings (SSSR count). The highest BCUT2D eigenvalue weighted by atomic mass is 16.5. The maximum Gasteiger partial charge on any atom is 0.335 e. The summed E-state index contributed by atoms with van der Waals surface area (Å²) >= 11 is 0. The fourth-order valence-electron chi connectivity index (χ4n) is 7.88. The van der Waals surface area contributed by atoms with E-state index in [-0.39, 0.29) is 24.1 Å². The Bertz CT molecular complexity index is 1590. The molecular formula is C45H56O5. The van der Waals surface area contributed by atoms with Crippen LogP contribution in [0.5, 0.6) is 0 Å². The summed E-state index contributed by atoms with van der Waals surface area (Å²) in [5.41, 5.74) is 10.4. The van der Waals surface area contributed by atoms with E-state index in [2.05, 4.69) is 86.8 Å². The van der Waals surface area contributed by atoms with Gasteiger partial charge in [0.25, 0.3) is 0 Å². The van der Waals surface area contributed by atoms with Crippen molar-refractivity contribution in [3.8, 4) is 11.1 Å². The second kappa shape index (κ2) is 18.3. The van der Waals surface area contributed by atoms with Crippen molar-refractivity contribution in [3.05, 3.63) is 119 Å². The van der Waals surface area contributed by atoms with Crippen molar-refractivity contribution in [2.45, 2.75) is 96.8 Å². The fourth-order valence-corrected chi connectivity index (χ4v) is 7.88. The van der Waals surface area contributed by atoms with E-state index in [1.54, 1.807) is 6.92 Å². The van der Waals surface area contributed by atoms with Gasteiger partial charge in [0.05, 0.1) is 25.4 Å². The fraction of sp³-hybridized carbons (Fsp3) is 0.467. The number of carbonyl (C=O) groups is 2. The van der Waals surface area contributed by atoms with Gasteiger partial charge in [-0.25, -0.2) is 9.59 Å². The molecule has 50 heavy (non-hydrogen) atoms. The molecule has 5 heteroatoms. The smallest absolute Gasteiger partial charge is 0.335 e. The lowest BCUT2D eigenvalue weighted by molar-refractivity contribution is -0.144. The average molecular weight is 677 g/mol. The third-order valence-electron chi connectivity index (χ3n) is 11.1.